The van der Waals surface area contributed by atoms with E-state index in [1.165, 1.54) is 12.1 Å². The Kier molecular flexibility index (Phi) is 7.64. The Bertz CT molecular complexity index is 435. The van der Waals surface area contributed by atoms with Gasteiger partial charge in [0.25, 0.3) is 0 Å². The van der Waals surface area contributed by atoms with Gasteiger partial charge >= 0.3 is 0 Å². The lowest BCUT2D eigenvalue weighted by molar-refractivity contribution is 0.184. The maximum Gasteiger partial charge on any atom is 0.135 e. The van der Waals surface area contributed by atoms with Crippen LogP contribution >= 0.6 is 0 Å². The van der Waals surface area contributed by atoms with Crippen LogP contribution in [0, 0.1) is 17.7 Å². The summed E-state index contributed by atoms with van der Waals surface area (Å²) < 4.78 is 23.7. The average molecular weight is 266 g/mol. The quantitative estimate of drug-likeness (QED) is 0.608. The number of aliphatic hydroxyl groups excluding tert-OH is 1. The molecule has 1 aromatic carbocycles. The van der Waals surface area contributed by atoms with Crippen molar-refractivity contribution in [3.63, 3.8) is 0 Å². The molecule has 0 aliphatic heterocycles. The zero-order valence-corrected chi connectivity index (χ0v) is 11.1. The van der Waals surface area contributed by atoms with Crippen molar-refractivity contribution in [1.82, 2.24) is 0 Å². The molecule has 0 bridgehead atoms. The predicted octanol–water partition coefficient (Wildman–Crippen LogP) is 2.37. The number of hydrogen-bond acceptors (Lipinski definition) is 3. The molecule has 4 heteroatoms. The van der Waals surface area contributed by atoms with Gasteiger partial charge in [0.2, 0.25) is 0 Å². The summed E-state index contributed by atoms with van der Waals surface area (Å²) in [5.74, 6) is 5.80. The normalized spacial score (nSPS) is 9.84. The number of methoxy groups -OCH3 is 1. The van der Waals surface area contributed by atoms with E-state index in [0.717, 1.165) is 12.8 Å². The molecule has 0 aliphatic rings. The molecule has 0 saturated carbocycles. The zero-order valence-electron chi connectivity index (χ0n) is 11.1. The molecule has 0 heterocycles. The molecule has 3 nitrogen and oxygen atoms in total. The van der Waals surface area contributed by atoms with Crippen LogP contribution in [0.15, 0.2) is 18.2 Å². The minimum atomic E-state index is -0.347. The second-order valence-electron chi connectivity index (χ2n) is 3.96. The fourth-order valence-electron chi connectivity index (χ4n) is 1.47. The van der Waals surface area contributed by atoms with Crippen LogP contribution in [0.2, 0.25) is 0 Å². The number of aliphatic hydroxyl groups is 1. The standard InChI is InChI=1S/C15H19FO3/c1-18-10-4-5-11-19-15-8-7-14(16)12-13(15)6-2-3-9-17/h7-8,12,17H,3-5,9-11H2,1H3. The summed E-state index contributed by atoms with van der Waals surface area (Å²) in [6.07, 6.45) is 2.15. The molecule has 0 amide bonds. The van der Waals surface area contributed by atoms with Gasteiger partial charge in [-0.25, -0.2) is 4.39 Å². The number of halogens is 1. The molecule has 1 N–H and O–H groups in total. The minimum absolute atomic E-state index is 0.00444. The summed E-state index contributed by atoms with van der Waals surface area (Å²) in [6.45, 7) is 1.25. The highest BCUT2D eigenvalue weighted by atomic mass is 19.1. The Hall–Kier alpha value is -1.57. The number of ether oxygens (including phenoxy) is 2. The molecule has 19 heavy (non-hydrogen) atoms. The van der Waals surface area contributed by atoms with Crippen LogP contribution in [0.4, 0.5) is 4.39 Å². The summed E-state index contributed by atoms with van der Waals surface area (Å²) >= 11 is 0. The second-order valence-corrected chi connectivity index (χ2v) is 3.96. The van der Waals surface area contributed by atoms with Gasteiger partial charge in [0.05, 0.1) is 18.8 Å². The van der Waals surface area contributed by atoms with Gasteiger partial charge in [-0.3, -0.25) is 0 Å². The third-order valence-electron chi connectivity index (χ3n) is 2.40. The molecule has 1 rings (SSSR count). The van der Waals surface area contributed by atoms with Crippen LogP contribution in [-0.4, -0.2) is 32.0 Å². The molecule has 0 aromatic heterocycles. The molecule has 0 radical (unpaired) electrons. The third-order valence-corrected chi connectivity index (χ3v) is 2.40. The van der Waals surface area contributed by atoms with Crippen LogP contribution in [0.3, 0.4) is 0 Å². The van der Waals surface area contributed by atoms with Gasteiger partial charge in [-0.05, 0) is 31.0 Å². The highest BCUT2D eigenvalue weighted by Gasteiger charge is 2.03. The first-order valence-corrected chi connectivity index (χ1v) is 6.29. The molecular weight excluding hydrogens is 247 g/mol. The van der Waals surface area contributed by atoms with E-state index in [1.54, 1.807) is 13.2 Å². The smallest absolute Gasteiger partial charge is 0.135 e. The fourth-order valence-corrected chi connectivity index (χ4v) is 1.47. The fraction of sp³-hybridized carbons (Fsp3) is 0.467. The van der Waals surface area contributed by atoms with Gasteiger partial charge in [0, 0.05) is 20.1 Å². The maximum absolute atomic E-state index is 13.2. The van der Waals surface area contributed by atoms with E-state index < -0.39 is 0 Å². The predicted molar refractivity (Wildman–Crippen MR) is 71.6 cm³/mol. The van der Waals surface area contributed by atoms with Gasteiger partial charge in [-0.15, -0.1) is 0 Å². The summed E-state index contributed by atoms with van der Waals surface area (Å²) in [6, 6.07) is 4.27. The highest BCUT2D eigenvalue weighted by molar-refractivity contribution is 5.46. The molecular formula is C15H19FO3. The number of rotatable bonds is 7. The second kappa shape index (κ2) is 9.37. The van der Waals surface area contributed by atoms with Gasteiger partial charge in [0.15, 0.2) is 0 Å². The van der Waals surface area contributed by atoms with Crippen LogP contribution < -0.4 is 4.74 Å². The molecule has 0 saturated heterocycles. The van der Waals surface area contributed by atoms with E-state index in [9.17, 15) is 4.39 Å². The molecule has 104 valence electrons. The summed E-state index contributed by atoms with van der Waals surface area (Å²) in [5.41, 5.74) is 0.514. The van der Waals surface area contributed by atoms with Crippen molar-refractivity contribution < 1.29 is 19.0 Å². The van der Waals surface area contributed by atoms with Crippen LogP contribution in [0.25, 0.3) is 0 Å². The average Bonchev–Trinajstić information content (AvgIpc) is 2.41. The van der Waals surface area contributed by atoms with Crippen molar-refractivity contribution in [3.05, 3.63) is 29.6 Å². The van der Waals surface area contributed by atoms with E-state index in [4.69, 9.17) is 14.6 Å². The first-order chi connectivity index (χ1) is 9.27. The van der Waals surface area contributed by atoms with Crippen LogP contribution in [-0.2, 0) is 4.74 Å². The summed E-state index contributed by atoms with van der Waals surface area (Å²) in [4.78, 5) is 0. The molecule has 0 atom stereocenters. The van der Waals surface area contributed by atoms with Crippen LogP contribution in [0.1, 0.15) is 24.8 Å². The van der Waals surface area contributed by atoms with Crippen LogP contribution in [0.5, 0.6) is 5.75 Å². The monoisotopic (exact) mass is 266 g/mol. The van der Waals surface area contributed by atoms with Crippen molar-refractivity contribution in [3.8, 4) is 17.6 Å². The van der Waals surface area contributed by atoms with Gasteiger partial charge < -0.3 is 14.6 Å². The van der Waals surface area contributed by atoms with E-state index in [-0.39, 0.29) is 12.4 Å². The third kappa shape index (κ3) is 6.23. The lowest BCUT2D eigenvalue weighted by Gasteiger charge is -2.08. The summed E-state index contributed by atoms with van der Waals surface area (Å²) in [7, 11) is 1.66. The van der Waals surface area contributed by atoms with Crippen molar-refractivity contribution in [2.45, 2.75) is 19.3 Å². The highest BCUT2D eigenvalue weighted by Crippen LogP contribution is 2.19. The first kappa shape index (κ1) is 15.5. The number of hydrogen-bond donors (Lipinski definition) is 1. The van der Waals surface area contributed by atoms with Crippen molar-refractivity contribution in [2.75, 3.05) is 26.9 Å². The van der Waals surface area contributed by atoms with E-state index in [2.05, 4.69) is 11.8 Å². The van der Waals surface area contributed by atoms with E-state index in [1.807, 2.05) is 0 Å². The Labute approximate surface area is 113 Å². The van der Waals surface area contributed by atoms with Crippen molar-refractivity contribution in [1.29, 1.82) is 0 Å². The Balaban J connectivity index is 2.59. The SMILES string of the molecule is COCCCCOc1ccc(F)cc1C#CCCO. The van der Waals surface area contributed by atoms with E-state index >= 15 is 0 Å². The number of benzene rings is 1. The Morgan fingerprint density at radius 1 is 1.26 bits per heavy atom. The van der Waals surface area contributed by atoms with E-state index in [0.29, 0.717) is 30.9 Å². The lowest BCUT2D eigenvalue weighted by Crippen LogP contribution is -2.01. The Morgan fingerprint density at radius 2 is 2.05 bits per heavy atom. The van der Waals surface area contributed by atoms with Crippen molar-refractivity contribution >= 4 is 0 Å². The van der Waals surface area contributed by atoms with Gasteiger partial charge in [-0.1, -0.05) is 11.8 Å². The largest absolute Gasteiger partial charge is 0.492 e. The van der Waals surface area contributed by atoms with Gasteiger partial charge in [-0.2, -0.15) is 0 Å². The lowest BCUT2D eigenvalue weighted by atomic mass is 10.2. The molecule has 0 aliphatic carbocycles. The summed E-state index contributed by atoms with van der Waals surface area (Å²) in [5, 5.41) is 8.67. The zero-order chi connectivity index (χ0) is 13.9. The number of unbranched alkanes of at least 4 members (excludes halogenated alkanes) is 1. The molecule has 0 spiro atoms. The Morgan fingerprint density at radius 3 is 2.79 bits per heavy atom. The molecule has 0 unspecified atom stereocenters. The topological polar surface area (TPSA) is 38.7 Å². The molecule has 0 fully saturated rings. The maximum atomic E-state index is 13.2. The van der Waals surface area contributed by atoms with Crippen molar-refractivity contribution in [2.24, 2.45) is 0 Å². The minimum Gasteiger partial charge on any atom is -0.492 e. The first-order valence-electron chi connectivity index (χ1n) is 6.29. The van der Waals surface area contributed by atoms with Gasteiger partial charge in [0.1, 0.15) is 11.6 Å². The molecule has 1 aromatic rings.